The van der Waals surface area contributed by atoms with E-state index in [4.69, 9.17) is 4.99 Å². The van der Waals surface area contributed by atoms with Crippen molar-refractivity contribution < 1.29 is 4.79 Å². The molecule has 0 saturated carbocycles. The average Bonchev–Trinajstić information content (AvgIpc) is 2.73. The quantitative estimate of drug-likeness (QED) is 0.350. The Hall–Kier alpha value is -2.08. The van der Waals surface area contributed by atoms with Crippen molar-refractivity contribution in [2.45, 2.75) is 46.0 Å². The summed E-state index contributed by atoms with van der Waals surface area (Å²) in [6, 6.07) is 7.87. The summed E-state index contributed by atoms with van der Waals surface area (Å²) in [4.78, 5) is 21.1. The van der Waals surface area contributed by atoms with Gasteiger partial charge in [0.05, 0.1) is 0 Å². The minimum atomic E-state index is 0.0405. The fourth-order valence-corrected chi connectivity index (χ4v) is 3.91. The van der Waals surface area contributed by atoms with Crippen molar-refractivity contribution in [2.75, 3.05) is 53.4 Å². The van der Waals surface area contributed by atoms with Crippen LogP contribution in [0.15, 0.2) is 29.3 Å². The lowest BCUT2D eigenvalue weighted by Crippen LogP contribution is -2.38. The highest BCUT2D eigenvalue weighted by Crippen LogP contribution is 2.15. The Kier molecular flexibility index (Phi) is 10.7. The second-order valence-corrected chi connectivity index (χ2v) is 8.59. The zero-order valence-corrected chi connectivity index (χ0v) is 19.4. The van der Waals surface area contributed by atoms with E-state index in [1.165, 1.54) is 38.9 Å². The number of likely N-dealkylation sites (tertiary alicyclic amines) is 1. The third-order valence-electron chi connectivity index (χ3n) is 5.52. The summed E-state index contributed by atoms with van der Waals surface area (Å²) in [5.41, 5.74) is 1.89. The number of benzene rings is 1. The minimum Gasteiger partial charge on any atom is -0.357 e. The van der Waals surface area contributed by atoms with Gasteiger partial charge in [-0.05, 0) is 75.7 Å². The first kappa shape index (κ1) is 24.2. The third-order valence-corrected chi connectivity index (χ3v) is 5.52. The van der Waals surface area contributed by atoms with Crippen LogP contribution >= 0.6 is 0 Å². The molecule has 6 heteroatoms. The molecule has 30 heavy (non-hydrogen) atoms. The van der Waals surface area contributed by atoms with E-state index in [2.05, 4.69) is 35.4 Å². The molecule has 0 radical (unpaired) electrons. The number of unbranched alkanes of at least 4 members (excludes halogenated alkanes) is 1. The van der Waals surface area contributed by atoms with Gasteiger partial charge in [-0.2, -0.15) is 0 Å². The van der Waals surface area contributed by atoms with E-state index in [-0.39, 0.29) is 5.91 Å². The van der Waals surface area contributed by atoms with Crippen LogP contribution in [-0.2, 0) is 6.42 Å². The molecule has 1 heterocycles. The Bertz CT molecular complexity index is 673. The average molecular weight is 416 g/mol. The first-order valence-electron chi connectivity index (χ1n) is 11.5. The van der Waals surface area contributed by atoms with Crippen molar-refractivity contribution in [3.63, 3.8) is 0 Å². The fraction of sp³-hybridized carbons (Fsp3) is 0.667. The van der Waals surface area contributed by atoms with Crippen LogP contribution in [0.2, 0.25) is 0 Å². The van der Waals surface area contributed by atoms with E-state index in [1.807, 2.05) is 18.2 Å². The molecule has 2 N–H and O–H groups in total. The van der Waals surface area contributed by atoms with Crippen molar-refractivity contribution in [3.8, 4) is 0 Å². The van der Waals surface area contributed by atoms with E-state index in [0.717, 1.165) is 55.5 Å². The summed E-state index contributed by atoms with van der Waals surface area (Å²) in [6.07, 6.45) is 5.92. The van der Waals surface area contributed by atoms with Gasteiger partial charge in [0.15, 0.2) is 5.96 Å². The van der Waals surface area contributed by atoms with Gasteiger partial charge in [-0.3, -0.25) is 9.79 Å². The molecule has 0 spiro atoms. The highest BCUT2D eigenvalue weighted by atomic mass is 16.2. The van der Waals surface area contributed by atoms with E-state index >= 15 is 0 Å². The second kappa shape index (κ2) is 13.3. The summed E-state index contributed by atoms with van der Waals surface area (Å²) in [7, 11) is 3.56. The van der Waals surface area contributed by atoms with E-state index < -0.39 is 0 Å². The van der Waals surface area contributed by atoms with Crippen LogP contribution in [-0.4, -0.2) is 75.0 Å². The maximum absolute atomic E-state index is 12.1. The molecule has 1 saturated heterocycles. The Balaban J connectivity index is 1.72. The van der Waals surface area contributed by atoms with Gasteiger partial charge in [-0.15, -0.1) is 0 Å². The number of rotatable bonds is 10. The summed E-state index contributed by atoms with van der Waals surface area (Å²) < 4.78 is 0. The molecule has 1 aromatic rings. The predicted molar refractivity (Wildman–Crippen MR) is 126 cm³/mol. The van der Waals surface area contributed by atoms with Crippen molar-refractivity contribution in [3.05, 3.63) is 35.4 Å². The van der Waals surface area contributed by atoms with Gasteiger partial charge in [0.2, 0.25) is 0 Å². The zero-order chi connectivity index (χ0) is 21.8. The molecule has 2 rings (SSSR count). The molecule has 1 unspecified atom stereocenters. The molecule has 1 fully saturated rings. The molecule has 0 aromatic heterocycles. The lowest BCUT2D eigenvalue weighted by Gasteiger charge is -2.30. The normalized spacial score (nSPS) is 17.6. The second-order valence-electron chi connectivity index (χ2n) is 8.59. The number of carbonyl (C=O) groups is 1. The van der Waals surface area contributed by atoms with E-state index in [0.29, 0.717) is 0 Å². The van der Waals surface area contributed by atoms with Gasteiger partial charge in [0, 0.05) is 45.8 Å². The SMILES string of the molecule is CCNC(=NCCCCN1CCCC(C)C1)NCCc1cccc(C(=O)N(C)C)c1. The smallest absolute Gasteiger partial charge is 0.253 e. The summed E-state index contributed by atoms with van der Waals surface area (Å²) in [5.74, 6) is 1.77. The zero-order valence-electron chi connectivity index (χ0n) is 19.4. The molecule has 0 aliphatic carbocycles. The van der Waals surface area contributed by atoms with Crippen molar-refractivity contribution in [1.29, 1.82) is 0 Å². The molecular weight excluding hydrogens is 374 g/mol. The number of nitrogens with zero attached hydrogens (tertiary/aromatic N) is 3. The highest BCUT2D eigenvalue weighted by Gasteiger charge is 2.15. The lowest BCUT2D eigenvalue weighted by molar-refractivity contribution is 0.0827. The van der Waals surface area contributed by atoms with Crippen LogP contribution in [0, 0.1) is 5.92 Å². The number of aliphatic imine (C=N–C) groups is 1. The Morgan fingerprint density at radius 2 is 2.10 bits per heavy atom. The molecule has 1 atom stereocenters. The van der Waals surface area contributed by atoms with Gasteiger partial charge in [0.1, 0.15) is 0 Å². The lowest BCUT2D eigenvalue weighted by atomic mass is 10.0. The molecule has 6 nitrogen and oxygen atoms in total. The number of hydrogen-bond donors (Lipinski definition) is 2. The van der Waals surface area contributed by atoms with Crippen LogP contribution in [0.4, 0.5) is 0 Å². The molecule has 1 amide bonds. The number of hydrogen-bond acceptors (Lipinski definition) is 3. The topological polar surface area (TPSA) is 60.0 Å². The molecule has 1 aromatic carbocycles. The Morgan fingerprint density at radius 3 is 2.83 bits per heavy atom. The highest BCUT2D eigenvalue weighted by molar-refractivity contribution is 5.94. The van der Waals surface area contributed by atoms with E-state index in [1.54, 1.807) is 19.0 Å². The van der Waals surface area contributed by atoms with Gasteiger partial charge in [-0.1, -0.05) is 19.1 Å². The van der Waals surface area contributed by atoms with Crippen molar-refractivity contribution in [2.24, 2.45) is 10.9 Å². The number of carbonyl (C=O) groups excluding carboxylic acids is 1. The fourth-order valence-electron chi connectivity index (χ4n) is 3.91. The van der Waals surface area contributed by atoms with Crippen LogP contribution in [0.25, 0.3) is 0 Å². The van der Waals surface area contributed by atoms with Gasteiger partial charge >= 0.3 is 0 Å². The monoisotopic (exact) mass is 415 g/mol. The molecule has 1 aliphatic heterocycles. The predicted octanol–water partition coefficient (Wildman–Crippen LogP) is 3.00. The summed E-state index contributed by atoms with van der Waals surface area (Å²) in [5, 5.41) is 6.75. The van der Waals surface area contributed by atoms with Crippen molar-refractivity contribution in [1.82, 2.24) is 20.4 Å². The summed E-state index contributed by atoms with van der Waals surface area (Å²) in [6.45, 7) is 10.7. The van der Waals surface area contributed by atoms with Crippen LogP contribution in [0.1, 0.15) is 55.5 Å². The van der Waals surface area contributed by atoms with Crippen LogP contribution in [0.3, 0.4) is 0 Å². The van der Waals surface area contributed by atoms with E-state index in [9.17, 15) is 4.79 Å². The maximum atomic E-state index is 12.1. The first-order chi connectivity index (χ1) is 14.5. The van der Waals surface area contributed by atoms with Gasteiger partial charge in [-0.25, -0.2) is 0 Å². The number of guanidine groups is 1. The number of nitrogens with one attached hydrogen (secondary N) is 2. The molecule has 0 bridgehead atoms. The first-order valence-corrected chi connectivity index (χ1v) is 11.5. The minimum absolute atomic E-state index is 0.0405. The standard InChI is InChI=1S/C24H41N5O/c1-5-25-24(26-14-6-7-16-29-17-9-10-20(2)19-29)27-15-13-21-11-8-12-22(18-21)23(30)28(3)4/h8,11-12,18,20H,5-7,9-10,13-17,19H2,1-4H3,(H2,25,26,27). The Labute approximate surface area is 183 Å². The molecule has 1 aliphatic rings. The number of amides is 1. The summed E-state index contributed by atoms with van der Waals surface area (Å²) >= 11 is 0. The molecular formula is C24H41N5O. The van der Waals surface area contributed by atoms with Crippen LogP contribution in [0.5, 0.6) is 0 Å². The number of piperidine rings is 1. The van der Waals surface area contributed by atoms with Gasteiger partial charge in [0.25, 0.3) is 5.91 Å². The van der Waals surface area contributed by atoms with Gasteiger partial charge < -0.3 is 20.4 Å². The Morgan fingerprint density at radius 1 is 1.27 bits per heavy atom. The third kappa shape index (κ3) is 8.74. The van der Waals surface area contributed by atoms with Crippen molar-refractivity contribution >= 4 is 11.9 Å². The maximum Gasteiger partial charge on any atom is 0.253 e. The largest absolute Gasteiger partial charge is 0.357 e. The van der Waals surface area contributed by atoms with Crippen LogP contribution < -0.4 is 10.6 Å². The molecule has 168 valence electrons.